The molecule has 4 nitrogen and oxygen atoms in total. The highest BCUT2D eigenvalue weighted by atomic mass is 16.5. The number of ether oxygens (including phenoxy) is 1. The molecule has 1 saturated carbocycles. The number of nitrogens with one attached hydrogen (secondary N) is 1. The Bertz CT molecular complexity index is 408. The largest absolute Gasteiger partial charge is 0.478 e. The quantitative estimate of drug-likeness (QED) is 0.844. The zero-order valence-corrected chi connectivity index (χ0v) is 12.3. The highest BCUT2D eigenvalue weighted by Gasteiger charge is 2.21. The zero-order chi connectivity index (χ0) is 13.7. The van der Waals surface area contributed by atoms with Gasteiger partial charge in [-0.3, -0.25) is 0 Å². The molecule has 2 rings (SSSR count). The molecule has 1 aromatic rings. The fraction of sp³-hybridized carbons (Fsp3) is 0.733. The molecule has 0 aliphatic heterocycles. The van der Waals surface area contributed by atoms with Crippen LogP contribution >= 0.6 is 0 Å². The molecular weight excluding hydrogens is 238 g/mol. The first kappa shape index (κ1) is 14.1. The molecule has 1 aliphatic carbocycles. The second-order valence-electron chi connectivity index (χ2n) is 5.45. The molecule has 1 aliphatic rings. The monoisotopic (exact) mass is 263 g/mol. The summed E-state index contributed by atoms with van der Waals surface area (Å²) < 4.78 is 5.53. The summed E-state index contributed by atoms with van der Waals surface area (Å²) in [6.07, 6.45) is 8.14. The van der Waals surface area contributed by atoms with Crippen LogP contribution in [0.25, 0.3) is 0 Å². The summed E-state index contributed by atoms with van der Waals surface area (Å²) in [5, 5.41) is 3.61. The molecule has 1 aromatic heterocycles. The van der Waals surface area contributed by atoms with Gasteiger partial charge in [0.05, 0.1) is 12.2 Å². The van der Waals surface area contributed by atoms with Gasteiger partial charge < -0.3 is 10.1 Å². The number of aromatic nitrogens is 2. The van der Waals surface area contributed by atoms with Crippen molar-refractivity contribution in [1.29, 1.82) is 0 Å². The van der Waals surface area contributed by atoms with Crippen LogP contribution in [0.5, 0.6) is 5.88 Å². The van der Waals surface area contributed by atoms with Crippen LogP contribution in [0.2, 0.25) is 0 Å². The van der Waals surface area contributed by atoms with Crippen molar-refractivity contribution in [3.05, 3.63) is 11.9 Å². The maximum atomic E-state index is 5.53. The predicted octanol–water partition coefficient (Wildman–Crippen LogP) is 3.56. The number of anilines is 1. The van der Waals surface area contributed by atoms with Crippen LogP contribution in [0, 0.1) is 12.8 Å². The first-order valence-corrected chi connectivity index (χ1v) is 7.43. The third kappa shape index (κ3) is 3.58. The average molecular weight is 263 g/mol. The van der Waals surface area contributed by atoms with E-state index in [-0.39, 0.29) is 0 Å². The van der Waals surface area contributed by atoms with Crippen LogP contribution in [-0.2, 0) is 0 Å². The molecule has 0 radical (unpaired) electrons. The Morgan fingerprint density at radius 2 is 2.05 bits per heavy atom. The van der Waals surface area contributed by atoms with Crippen molar-refractivity contribution < 1.29 is 4.74 Å². The van der Waals surface area contributed by atoms with E-state index in [9.17, 15) is 0 Å². The molecule has 0 saturated heterocycles. The second-order valence-corrected chi connectivity index (χ2v) is 5.45. The molecule has 0 spiro atoms. The van der Waals surface area contributed by atoms with E-state index in [1.165, 1.54) is 32.1 Å². The van der Waals surface area contributed by atoms with Crippen LogP contribution in [-0.4, -0.2) is 22.6 Å². The third-order valence-corrected chi connectivity index (χ3v) is 4.00. The minimum Gasteiger partial charge on any atom is -0.478 e. The topological polar surface area (TPSA) is 47.0 Å². The standard InChI is InChI=1S/C15H25N3O/c1-4-19-15-12(3)14(16-10-17-15)18-13-9-7-5-6-8-11(13)2/h10-11,13H,4-9H2,1-3H3,(H,16,17,18). The van der Waals surface area contributed by atoms with E-state index in [0.717, 1.165) is 11.4 Å². The van der Waals surface area contributed by atoms with Crippen LogP contribution in [0.15, 0.2) is 6.33 Å². The summed E-state index contributed by atoms with van der Waals surface area (Å²) in [7, 11) is 0. The molecule has 1 N–H and O–H groups in total. The van der Waals surface area contributed by atoms with Crippen molar-refractivity contribution in [3.63, 3.8) is 0 Å². The molecule has 0 amide bonds. The molecule has 106 valence electrons. The number of hydrogen-bond donors (Lipinski definition) is 1. The molecule has 0 bridgehead atoms. The molecular formula is C15H25N3O. The van der Waals surface area contributed by atoms with Crippen molar-refractivity contribution >= 4 is 5.82 Å². The molecule has 0 aromatic carbocycles. The maximum absolute atomic E-state index is 5.53. The fourth-order valence-corrected chi connectivity index (χ4v) is 2.74. The summed E-state index contributed by atoms with van der Waals surface area (Å²) in [6.45, 7) is 6.97. The van der Waals surface area contributed by atoms with E-state index < -0.39 is 0 Å². The molecule has 1 fully saturated rings. The molecule has 19 heavy (non-hydrogen) atoms. The smallest absolute Gasteiger partial charge is 0.221 e. The molecule has 4 heteroatoms. The second kappa shape index (κ2) is 6.73. The SMILES string of the molecule is CCOc1ncnc(NC2CCCCCC2C)c1C. The van der Waals surface area contributed by atoms with Crippen LogP contribution in [0.3, 0.4) is 0 Å². The van der Waals surface area contributed by atoms with E-state index >= 15 is 0 Å². The lowest BCUT2D eigenvalue weighted by atomic mass is 9.97. The Morgan fingerprint density at radius 3 is 2.84 bits per heavy atom. The Labute approximate surface area is 116 Å². The maximum Gasteiger partial charge on any atom is 0.221 e. The van der Waals surface area contributed by atoms with Crippen molar-refractivity contribution in [2.45, 2.75) is 58.9 Å². The van der Waals surface area contributed by atoms with Gasteiger partial charge in [0.1, 0.15) is 12.1 Å². The first-order chi connectivity index (χ1) is 9.22. The zero-order valence-electron chi connectivity index (χ0n) is 12.3. The van der Waals surface area contributed by atoms with E-state index in [4.69, 9.17) is 4.74 Å². The lowest BCUT2D eigenvalue weighted by molar-refractivity contribution is 0.323. The first-order valence-electron chi connectivity index (χ1n) is 7.43. The van der Waals surface area contributed by atoms with Gasteiger partial charge in [0.15, 0.2) is 0 Å². The van der Waals surface area contributed by atoms with Gasteiger partial charge in [0.2, 0.25) is 5.88 Å². The summed E-state index contributed by atoms with van der Waals surface area (Å²) in [5.41, 5.74) is 1.01. The summed E-state index contributed by atoms with van der Waals surface area (Å²) in [6, 6.07) is 0.519. The van der Waals surface area contributed by atoms with E-state index in [1.54, 1.807) is 6.33 Å². The number of hydrogen-bond acceptors (Lipinski definition) is 4. The molecule has 2 unspecified atom stereocenters. The van der Waals surface area contributed by atoms with Gasteiger partial charge in [-0.2, -0.15) is 0 Å². The number of nitrogens with zero attached hydrogens (tertiary/aromatic N) is 2. The van der Waals surface area contributed by atoms with Crippen LogP contribution in [0.1, 0.15) is 51.5 Å². The Kier molecular flexibility index (Phi) is 5.00. The van der Waals surface area contributed by atoms with Crippen molar-refractivity contribution in [2.24, 2.45) is 5.92 Å². The average Bonchev–Trinajstić information content (AvgIpc) is 2.60. The fourth-order valence-electron chi connectivity index (χ4n) is 2.74. The Balaban J connectivity index is 2.11. The predicted molar refractivity (Wildman–Crippen MR) is 77.6 cm³/mol. The lowest BCUT2D eigenvalue weighted by Gasteiger charge is -2.24. The van der Waals surface area contributed by atoms with Gasteiger partial charge in [-0.05, 0) is 32.6 Å². The van der Waals surface area contributed by atoms with Gasteiger partial charge in [-0.25, -0.2) is 9.97 Å². The van der Waals surface area contributed by atoms with Gasteiger partial charge in [0.25, 0.3) is 0 Å². The summed E-state index contributed by atoms with van der Waals surface area (Å²) in [4.78, 5) is 8.56. The van der Waals surface area contributed by atoms with Crippen molar-refractivity contribution in [3.8, 4) is 5.88 Å². The van der Waals surface area contributed by atoms with Gasteiger partial charge in [-0.15, -0.1) is 0 Å². The number of rotatable bonds is 4. The third-order valence-electron chi connectivity index (χ3n) is 4.00. The minimum absolute atomic E-state index is 0.519. The molecule has 1 heterocycles. The summed E-state index contributed by atoms with van der Waals surface area (Å²) in [5.74, 6) is 2.32. The highest BCUT2D eigenvalue weighted by Crippen LogP contribution is 2.28. The Morgan fingerprint density at radius 1 is 1.26 bits per heavy atom. The van der Waals surface area contributed by atoms with E-state index in [1.807, 2.05) is 13.8 Å². The normalized spacial score (nSPS) is 23.7. The van der Waals surface area contributed by atoms with Crippen LogP contribution < -0.4 is 10.1 Å². The minimum atomic E-state index is 0.519. The van der Waals surface area contributed by atoms with E-state index in [2.05, 4.69) is 22.2 Å². The van der Waals surface area contributed by atoms with Crippen LogP contribution in [0.4, 0.5) is 5.82 Å². The highest BCUT2D eigenvalue weighted by molar-refractivity contribution is 5.48. The van der Waals surface area contributed by atoms with Crippen molar-refractivity contribution in [1.82, 2.24) is 9.97 Å². The molecule has 2 atom stereocenters. The van der Waals surface area contributed by atoms with Gasteiger partial charge in [0, 0.05) is 6.04 Å². The Hall–Kier alpha value is -1.32. The lowest BCUT2D eigenvalue weighted by Crippen LogP contribution is -2.27. The van der Waals surface area contributed by atoms with E-state index in [0.29, 0.717) is 24.4 Å². The van der Waals surface area contributed by atoms with Gasteiger partial charge >= 0.3 is 0 Å². The van der Waals surface area contributed by atoms with Gasteiger partial charge in [-0.1, -0.05) is 26.2 Å². The summed E-state index contributed by atoms with van der Waals surface area (Å²) >= 11 is 0. The van der Waals surface area contributed by atoms with Crippen molar-refractivity contribution in [2.75, 3.05) is 11.9 Å².